The van der Waals surface area contributed by atoms with Gasteiger partial charge in [-0.25, -0.2) is 9.18 Å². The van der Waals surface area contributed by atoms with E-state index >= 15 is 0 Å². The van der Waals surface area contributed by atoms with Crippen molar-refractivity contribution in [3.63, 3.8) is 0 Å². The molecule has 1 aromatic carbocycles. The summed E-state index contributed by atoms with van der Waals surface area (Å²) in [7, 11) is 0. The average molecular weight is 293 g/mol. The van der Waals surface area contributed by atoms with Crippen LogP contribution in [0.3, 0.4) is 0 Å². The number of carbonyl (C=O) groups excluding carboxylic acids is 1. The number of hydrogen-bond donors (Lipinski definition) is 2. The zero-order chi connectivity index (χ0) is 15.4. The molecule has 1 fully saturated rings. The SMILES string of the molecule is Cc1ccc(F)cc1C(=O)NC(C(=O)O)C1CCCCC1. The van der Waals surface area contributed by atoms with E-state index in [4.69, 9.17) is 0 Å². The molecular formula is C16H20FNO3. The van der Waals surface area contributed by atoms with Crippen molar-refractivity contribution in [3.8, 4) is 0 Å². The van der Waals surface area contributed by atoms with Gasteiger partial charge in [0.05, 0.1) is 0 Å². The fraction of sp³-hybridized carbons (Fsp3) is 0.500. The topological polar surface area (TPSA) is 66.4 Å². The van der Waals surface area contributed by atoms with E-state index in [1.165, 1.54) is 12.1 Å². The molecule has 0 aliphatic heterocycles. The van der Waals surface area contributed by atoms with Gasteiger partial charge >= 0.3 is 5.97 Å². The summed E-state index contributed by atoms with van der Waals surface area (Å²) in [4.78, 5) is 23.7. The number of benzene rings is 1. The second-order valence-corrected chi connectivity index (χ2v) is 5.65. The minimum Gasteiger partial charge on any atom is -0.480 e. The molecule has 1 atom stereocenters. The lowest BCUT2D eigenvalue weighted by atomic mass is 9.83. The molecule has 0 spiro atoms. The quantitative estimate of drug-likeness (QED) is 0.897. The zero-order valence-electron chi connectivity index (χ0n) is 12.1. The molecule has 0 radical (unpaired) electrons. The summed E-state index contributed by atoms with van der Waals surface area (Å²) in [5, 5.41) is 11.9. The molecule has 1 aromatic rings. The first-order valence-corrected chi connectivity index (χ1v) is 7.29. The Hall–Kier alpha value is -1.91. The van der Waals surface area contributed by atoms with Crippen molar-refractivity contribution in [2.45, 2.75) is 45.1 Å². The fourth-order valence-corrected chi connectivity index (χ4v) is 2.91. The molecule has 1 saturated carbocycles. The largest absolute Gasteiger partial charge is 0.480 e. The molecule has 4 nitrogen and oxygen atoms in total. The number of hydrogen-bond acceptors (Lipinski definition) is 2. The van der Waals surface area contributed by atoms with Crippen molar-refractivity contribution in [3.05, 3.63) is 35.1 Å². The van der Waals surface area contributed by atoms with E-state index in [9.17, 15) is 19.1 Å². The van der Waals surface area contributed by atoms with Crippen LogP contribution in [0, 0.1) is 18.7 Å². The molecule has 1 amide bonds. The number of rotatable bonds is 4. The molecule has 0 bridgehead atoms. The van der Waals surface area contributed by atoms with Crippen LogP contribution in [0.25, 0.3) is 0 Å². The molecule has 2 rings (SSSR count). The number of carboxylic acids is 1. The fourth-order valence-electron chi connectivity index (χ4n) is 2.91. The molecule has 1 aliphatic carbocycles. The number of carboxylic acid groups (broad SMARTS) is 1. The zero-order valence-corrected chi connectivity index (χ0v) is 12.1. The number of carbonyl (C=O) groups is 2. The monoisotopic (exact) mass is 293 g/mol. The van der Waals surface area contributed by atoms with Crippen LogP contribution in [-0.2, 0) is 4.79 Å². The number of halogens is 1. The first kappa shape index (κ1) is 15.5. The van der Waals surface area contributed by atoms with Crippen molar-refractivity contribution >= 4 is 11.9 Å². The van der Waals surface area contributed by atoms with Crippen molar-refractivity contribution in [1.82, 2.24) is 5.32 Å². The molecule has 21 heavy (non-hydrogen) atoms. The van der Waals surface area contributed by atoms with Gasteiger partial charge in [-0.1, -0.05) is 25.3 Å². The minimum atomic E-state index is -1.02. The third kappa shape index (κ3) is 3.80. The second-order valence-electron chi connectivity index (χ2n) is 5.65. The predicted octanol–water partition coefficient (Wildman–Crippen LogP) is 2.90. The second kappa shape index (κ2) is 6.70. The van der Waals surface area contributed by atoms with Gasteiger partial charge in [0.2, 0.25) is 0 Å². The first-order chi connectivity index (χ1) is 9.99. The maximum absolute atomic E-state index is 13.3. The Morgan fingerprint density at radius 1 is 1.29 bits per heavy atom. The average Bonchev–Trinajstić information content (AvgIpc) is 2.47. The van der Waals surface area contributed by atoms with Gasteiger partial charge in [0.15, 0.2) is 0 Å². The van der Waals surface area contributed by atoms with Gasteiger partial charge in [0.25, 0.3) is 5.91 Å². The lowest BCUT2D eigenvalue weighted by molar-refractivity contribution is -0.141. The highest BCUT2D eigenvalue weighted by Gasteiger charge is 2.31. The van der Waals surface area contributed by atoms with Crippen molar-refractivity contribution < 1.29 is 19.1 Å². The van der Waals surface area contributed by atoms with Crippen LogP contribution < -0.4 is 5.32 Å². The highest BCUT2D eigenvalue weighted by atomic mass is 19.1. The highest BCUT2D eigenvalue weighted by molar-refractivity contribution is 5.97. The van der Waals surface area contributed by atoms with E-state index in [0.717, 1.165) is 38.2 Å². The summed E-state index contributed by atoms with van der Waals surface area (Å²) >= 11 is 0. The Morgan fingerprint density at radius 3 is 2.57 bits per heavy atom. The summed E-state index contributed by atoms with van der Waals surface area (Å²) in [5.41, 5.74) is 0.818. The minimum absolute atomic E-state index is 0.0472. The van der Waals surface area contributed by atoms with Crippen LogP contribution in [0.15, 0.2) is 18.2 Å². The molecule has 114 valence electrons. The van der Waals surface area contributed by atoms with Gasteiger partial charge < -0.3 is 10.4 Å². The van der Waals surface area contributed by atoms with Crippen LogP contribution in [0.2, 0.25) is 0 Å². The standard InChI is InChI=1S/C16H20FNO3/c1-10-7-8-12(17)9-13(10)15(19)18-14(16(20)21)11-5-3-2-4-6-11/h7-9,11,14H,2-6H2,1H3,(H,18,19)(H,20,21). The Morgan fingerprint density at radius 2 is 1.95 bits per heavy atom. The van der Waals surface area contributed by atoms with Crippen molar-refractivity contribution in [2.24, 2.45) is 5.92 Å². The summed E-state index contributed by atoms with van der Waals surface area (Å²) in [6, 6.07) is 3.04. The number of nitrogens with one attached hydrogen (secondary N) is 1. The lowest BCUT2D eigenvalue weighted by Gasteiger charge is -2.28. The number of aryl methyl sites for hydroxylation is 1. The maximum atomic E-state index is 13.3. The van der Waals surface area contributed by atoms with Crippen LogP contribution in [0.5, 0.6) is 0 Å². The summed E-state index contributed by atoms with van der Waals surface area (Å²) in [5.74, 6) is -2.10. The summed E-state index contributed by atoms with van der Waals surface area (Å²) < 4.78 is 13.3. The molecule has 1 unspecified atom stereocenters. The third-order valence-electron chi connectivity index (χ3n) is 4.12. The van der Waals surface area contributed by atoms with E-state index < -0.39 is 23.7 Å². The number of amides is 1. The van der Waals surface area contributed by atoms with E-state index in [0.29, 0.717) is 5.56 Å². The number of aliphatic carboxylic acids is 1. The van der Waals surface area contributed by atoms with Gasteiger partial charge in [-0.3, -0.25) is 4.79 Å². The van der Waals surface area contributed by atoms with E-state index in [1.54, 1.807) is 6.92 Å². The normalized spacial score (nSPS) is 17.2. The first-order valence-electron chi connectivity index (χ1n) is 7.29. The van der Waals surface area contributed by atoms with Gasteiger partial charge in [-0.05, 0) is 43.4 Å². The Labute approximate surface area is 123 Å². The molecule has 1 aliphatic rings. The Balaban J connectivity index is 2.14. The summed E-state index contributed by atoms with van der Waals surface area (Å²) in [6.07, 6.45) is 4.70. The highest BCUT2D eigenvalue weighted by Crippen LogP contribution is 2.27. The van der Waals surface area contributed by atoms with Gasteiger partial charge in [-0.15, -0.1) is 0 Å². The van der Waals surface area contributed by atoms with E-state index in [2.05, 4.69) is 5.32 Å². The Bertz CT molecular complexity index is 538. The van der Waals surface area contributed by atoms with Crippen molar-refractivity contribution in [2.75, 3.05) is 0 Å². The van der Waals surface area contributed by atoms with Gasteiger partial charge in [0, 0.05) is 5.56 Å². The predicted molar refractivity (Wildman–Crippen MR) is 76.6 cm³/mol. The van der Waals surface area contributed by atoms with Crippen molar-refractivity contribution in [1.29, 1.82) is 0 Å². The molecule has 5 heteroatoms. The smallest absolute Gasteiger partial charge is 0.326 e. The molecule has 0 saturated heterocycles. The molecule has 0 aromatic heterocycles. The maximum Gasteiger partial charge on any atom is 0.326 e. The van der Waals surface area contributed by atoms with Gasteiger partial charge in [-0.2, -0.15) is 0 Å². The molecule has 0 heterocycles. The lowest BCUT2D eigenvalue weighted by Crippen LogP contribution is -2.46. The summed E-state index contributed by atoms with van der Waals surface area (Å²) in [6.45, 7) is 1.70. The van der Waals surface area contributed by atoms with Crippen LogP contribution in [0.4, 0.5) is 4.39 Å². The van der Waals surface area contributed by atoms with Crippen LogP contribution in [0.1, 0.15) is 48.0 Å². The molecular weight excluding hydrogens is 273 g/mol. The van der Waals surface area contributed by atoms with E-state index in [1.807, 2.05) is 0 Å². The van der Waals surface area contributed by atoms with E-state index in [-0.39, 0.29) is 11.5 Å². The third-order valence-corrected chi connectivity index (χ3v) is 4.12. The Kier molecular flexibility index (Phi) is 4.94. The van der Waals surface area contributed by atoms with Gasteiger partial charge in [0.1, 0.15) is 11.9 Å². The van der Waals surface area contributed by atoms with Crippen LogP contribution >= 0.6 is 0 Å². The molecule has 2 N–H and O–H groups in total. The van der Waals surface area contributed by atoms with Crippen LogP contribution in [-0.4, -0.2) is 23.0 Å².